The SMILES string of the molecule is ClC1=CNC2C=C(Cl)C(Cl)=CC2N1. The van der Waals surface area contributed by atoms with Gasteiger partial charge >= 0.3 is 0 Å². The third-order valence-electron chi connectivity index (χ3n) is 1.97. The minimum absolute atomic E-state index is 0.0764. The zero-order valence-corrected chi connectivity index (χ0v) is 8.79. The highest BCUT2D eigenvalue weighted by molar-refractivity contribution is 6.44. The summed E-state index contributed by atoms with van der Waals surface area (Å²) in [6.45, 7) is 0. The Balaban J connectivity index is 2.26. The first-order valence-electron chi connectivity index (χ1n) is 3.80. The Bertz CT molecular complexity index is 319. The maximum Gasteiger partial charge on any atom is 0.118 e. The molecule has 5 heteroatoms. The molecule has 70 valence electrons. The maximum atomic E-state index is 5.87. The van der Waals surface area contributed by atoms with Gasteiger partial charge in [-0.15, -0.1) is 0 Å². The summed E-state index contributed by atoms with van der Waals surface area (Å²) in [5.74, 6) is 0. The first-order chi connectivity index (χ1) is 6.16. The van der Waals surface area contributed by atoms with Crippen molar-refractivity contribution in [3.05, 3.63) is 33.6 Å². The van der Waals surface area contributed by atoms with Crippen LogP contribution in [0.3, 0.4) is 0 Å². The van der Waals surface area contributed by atoms with E-state index >= 15 is 0 Å². The van der Waals surface area contributed by atoms with Crippen LogP contribution in [0.25, 0.3) is 0 Å². The summed E-state index contributed by atoms with van der Waals surface area (Å²) < 4.78 is 0. The number of rotatable bonds is 0. The minimum Gasteiger partial charge on any atom is -0.380 e. The van der Waals surface area contributed by atoms with Gasteiger partial charge in [-0.2, -0.15) is 0 Å². The van der Waals surface area contributed by atoms with Gasteiger partial charge in [-0.1, -0.05) is 34.8 Å². The zero-order valence-electron chi connectivity index (χ0n) is 6.52. The average Bonchev–Trinajstić information content (AvgIpc) is 2.08. The average molecular weight is 238 g/mol. The van der Waals surface area contributed by atoms with Crippen molar-refractivity contribution in [3.8, 4) is 0 Å². The molecule has 1 heterocycles. The molecule has 0 spiro atoms. The lowest BCUT2D eigenvalue weighted by Gasteiger charge is -2.31. The van der Waals surface area contributed by atoms with Gasteiger partial charge in [0.2, 0.25) is 0 Å². The predicted octanol–water partition coefficient (Wildman–Crippen LogP) is 2.21. The third-order valence-corrected chi connectivity index (χ3v) is 2.95. The quantitative estimate of drug-likeness (QED) is 0.631. The molecule has 2 N–H and O–H groups in total. The number of allylic oxidation sites excluding steroid dienone is 2. The zero-order chi connectivity index (χ0) is 9.42. The molecule has 0 saturated carbocycles. The lowest BCUT2D eigenvalue weighted by atomic mass is 10.0. The largest absolute Gasteiger partial charge is 0.380 e. The summed E-state index contributed by atoms with van der Waals surface area (Å²) in [5.41, 5.74) is 0. The molecular weight excluding hydrogens is 230 g/mol. The topological polar surface area (TPSA) is 24.1 Å². The van der Waals surface area contributed by atoms with Crippen molar-refractivity contribution >= 4 is 34.8 Å². The Morgan fingerprint density at radius 3 is 2.31 bits per heavy atom. The Hall–Kier alpha value is -0.310. The van der Waals surface area contributed by atoms with Gasteiger partial charge in [0.25, 0.3) is 0 Å². The molecule has 0 aromatic rings. The highest BCUT2D eigenvalue weighted by atomic mass is 35.5. The molecule has 0 saturated heterocycles. The van der Waals surface area contributed by atoms with Crippen LogP contribution in [0.1, 0.15) is 0 Å². The van der Waals surface area contributed by atoms with E-state index in [4.69, 9.17) is 34.8 Å². The maximum absolute atomic E-state index is 5.87. The third kappa shape index (κ3) is 1.80. The fraction of sp³-hybridized carbons (Fsp3) is 0.250. The summed E-state index contributed by atoms with van der Waals surface area (Å²) in [7, 11) is 0. The van der Waals surface area contributed by atoms with Crippen LogP contribution in [0.5, 0.6) is 0 Å². The van der Waals surface area contributed by atoms with E-state index in [1.807, 2.05) is 12.2 Å². The van der Waals surface area contributed by atoms with Crippen LogP contribution < -0.4 is 10.6 Å². The Labute approximate surface area is 91.2 Å². The van der Waals surface area contributed by atoms with Crippen molar-refractivity contribution in [2.45, 2.75) is 12.1 Å². The number of halogens is 3. The van der Waals surface area contributed by atoms with Crippen LogP contribution >= 0.6 is 34.8 Å². The molecular formula is C8H7Cl3N2. The lowest BCUT2D eigenvalue weighted by Crippen LogP contribution is -2.48. The molecule has 2 rings (SSSR count). The molecule has 13 heavy (non-hydrogen) atoms. The predicted molar refractivity (Wildman–Crippen MR) is 55.7 cm³/mol. The van der Waals surface area contributed by atoms with Crippen molar-refractivity contribution in [2.75, 3.05) is 0 Å². The molecule has 2 aliphatic rings. The summed E-state index contributed by atoms with van der Waals surface area (Å²) >= 11 is 17.5. The highest BCUT2D eigenvalue weighted by Gasteiger charge is 2.25. The molecule has 0 aromatic carbocycles. The smallest absolute Gasteiger partial charge is 0.118 e. The molecule has 0 aromatic heterocycles. The second-order valence-electron chi connectivity index (χ2n) is 2.88. The van der Waals surface area contributed by atoms with E-state index in [-0.39, 0.29) is 12.1 Å². The number of hydrogen-bond acceptors (Lipinski definition) is 2. The fourth-order valence-electron chi connectivity index (χ4n) is 1.34. The summed E-state index contributed by atoms with van der Waals surface area (Å²) in [6, 6.07) is 0.199. The second kappa shape index (κ2) is 3.45. The molecule has 1 aliphatic carbocycles. The standard InChI is InChI=1S/C8H7Cl3N2/c9-4-1-6-7(2-5(4)10)13-8(11)3-12-6/h1-3,6-7,12-13H. The van der Waals surface area contributed by atoms with Gasteiger partial charge in [-0.3, -0.25) is 0 Å². The molecule has 2 nitrogen and oxygen atoms in total. The van der Waals surface area contributed by atoms with E-state index in [1.165, 1.54) is 0 Å². The summed E-state index contributed by atoms with van der Waals surface area (Å²) in [4.78, 5) is 0. The van der Waals surface area contributed by atoms with Crippen molar-refractivity contribution in [2.24, 2.45) is 0 Å². The number of hydrogen-bond donors (Lipinski definition) is 2. The van der Waals surface area contributed by atoms with Crippen LogP contribution in [0.15, 0.2) is 33.6 Å². The Morgan fingerprint density at radius 2 is 1.62 bits per heavy atom. The monoisotopic (exact) mass is 236 g/mol. The van der Waals surface area contributed by atoms with Gasteiger partial charge in [-0.05, 0) is 12.2 Å². The van der Waals surface area contributed by atoms with Crippen molar-refractivity contribution in [1.29, 1.82) is 0 Å². The minimum atomic E-state index is 0.0764. The van der Waals surface area contributed by atoms with E-state index in [1.54, 1.807) is 6.20 Å². The summed E-state index contributed by atoms with van der Waals surface area (Å²) in [6.07, 6.45) is 5.41. The van der Waals surface area contributed by atoms with Gasteiger partial charge in [0.1, 0.15) is 5.16 Å². The summed E-state index contributed by atoms with van der Waals surface area (Å²) in [5, 5.41) is 7.88. The molecule has 0 fully saturated rings. The molecule has 0 amide bonds. The Kier molecular flexibility index (Phi) is 2.45. The first kappa shape index (κ1) is 9.25. The van der Waals surface area contributed by atoms with Crippen molar-refractivity contribution in [1.82, 2.24) is 10.6 Å². The van der Waals surface area contributed by atoms with Gasteiger partial charge in [-0.25, -0.2) is 0 Å². The van der Waals surface area contributed by atoms with E-state index in [2.05, 4.69) is 10.6 Å². The van der Waals surface area contributed by atoms with Crippen LogP contribution in [0.4, 0.5) is 0 Å². The van der Waals surface area contributed by atoms with Gasteiger partial charge in [0.05, 0.1) is 22.1 Å². The fourth-order valence-corrected chi connectivity index (χ4v) is 1.92. The molecule has 0 radical (unpaired) electrons. The second-order valence-corrected chi connectivity index (χ2v) is 4.11. The lowest BCUT2D eigenvalue weighted by molar-refractivity contribution is 0.525. The van der Waals surface area contributed by atoms with E-state index in [0.29, 0.717) is 15.2 Å². The molecule has 2 atom stereocenters. The van der Waals surface area contributed by atoms with Crippen LogP contribution in [-0.2, 0) is 0 Å². The van der Waals surface area contributed by atoms with Crippen LogP contribution in [0, 0.1) is 0 Å². The van der Waals surface area contributed by atoms with Crippen molar-refractivity contribution in [3.63, 3.8) is 0 Å². The van der Waals surface area contributed by atoms with E-state index in [0.717, 1.165) is 0 Å². The van der Waals surface area contributed by atoms with Gasteiger partial charge in [0, 0.05) is 6.20 Å². The molecule has 1 aliphatic heterocycles. The van der Waals surface area contributed by atoms with Crippen molar-refractivity contribution < 1.29 is 0 Å². The molecule has 0 bridgehead atoms. The normalized spacial score (nSPS) is 31.8. The van der Waals surface area contributed by atoms with Crippen LogP contribution in [-0.4, -0.2) is 12.1 Å². The van der Waals surface area contributed by atoms with Gasteiger partial charge in [0.15, 0.2) is 0 Å². The molecule has 2 unspecified atom stereocenters. The van der Waals surface area contributed by atoms with Crippen LogP contribution in [0.2, 0.25) is 0 Å². The highest BCUT2D eigenvalue weighted by Crippen LogP contribution is 2.27. The van der Waals surface area contributed by atoms with E-state index in [9.17, 15) is 0 Å². The first-order valence-corrected chi connectivity index (χ1v) is 4.93. The number of nitrogens with one attached hydrogen (secondary N) is 2. The van der Waals surface area contributed by atoms with E-state index < -0.39 is 0 Å². The Morgan fingerprint density at radius 1 is 1.00 bits per heavy atom. The number of fused-ring (bicyclic) bond motifs is 1. The van der Waals surface area contributed by atoms with Gasteiger partial charge < -0.3 is 10.6 Å².